The van der Waals surface area contributed by atoms with Crippen molar-refractivity contribution in [2.24, 2.45) is 0 Å². The fourth-order valence-corrected chi connectivity index (χ4v) is 5.10. The highest BCUT2D eigenvalue weighted by molar-refractivity contribution is 6.09. The lowest BCUT2D eigenvalue weighted by Crippen LogP contribution is -2.33. The molecule has 0 saturated heterocycles. The van der Waals surface area contributed by atoms with Crippen LogP contribution in [-0.4, -0.2) is 31.6 Å². The number of para-hydroxylation sites is 2. The normalized spacial score (nSPS) is 18.0. The first kappa shape index (κ1) is 21.5. The number of nitrogens with one attached hydrogen (secondary N) is 1. The number of anilines is 1. The van der Waals surface area contributed by atoms with Crippen molar-refractivity contribution < 1.29 is 9.53 Å². The number of hydrogen-bond acceptors (Lipinski definition) is 4. The summed E-state index contributed by atoms with van der Waals surface area (Å²) < 4.78 is 5.76. The van der Waals surface area contributed by atoms with E-state index in [0.29, 0.717) is 12.2 Å². The van der Waals surface area contributed by atoms with E-state index in [1.165, 1.54) is 30.4 Å². The largest absolute Gasteiger partial charge is 0.493 e. The topological polar surface area (TPSA) is 54.5 Å². The second-order valence-corrected chi connectivity index (χ2v) is 9.15. The molecule has 5 rings (SSSR count). The van der Waals surface area contributed by atoms with Crippen molar-refractivity contribution in [3.63, 3.8) is 0 Å². The Bertz CT molecular complexity index is 1210. The summed E-state index contributed by atoms with van der Waals surface area (Å²) in [5, 5.41) is 4.26. The van der Waals surface area contributed by atoms with Crippen LogP contribution >= 0.6 is 0 Å². The third kappa shape index (κ3) is 4.20. The number of amides is 1. The molecule has 0 fully saturated rings. The molecule has 1 atom stereocenters. The van der Waals surface area contributed by atoms with Crippen LogP contribution in [0.25, 0.3) is 16.5 Å². The lowest BCUT2D eigenvalue weighted by molar-refractivity contribution is 0.0925. The van der Waals surface area contributed by atoms with E-state index in [-0.39, 0.29) is 11.9 Å². The van der Waals surface area contributed by atoms with Gasteiger partial charge in [0.05, 0.1) is 29.4 Å². The lowest BCUT2D eigenvalue weighted by atomic mass is 9.96. The molecule has 2 heterocycles. The first-order valence-corrected chi connectivity index (χ1v) is 11.9. The van der Waals surface area contributed by atoms with Crippen LogP contribution in [0.5, 0.6) is 5.75 Å². The number of carbonyl (C=O) groups is 1. The second-order valence-electron chi connectivity index (χ2n) is 9.15. The molecule has 1 unspecified atom stereocenters. The number of fused-ring (bicyclic) bond motifs is 2. The molecule has 0 spiro atoms. The molecule has 2 aromatic carbocycles. The summed E-state index contributed by atoms with van der Waals surface area (Å²) in [6, 6.07) is 14.2. The van der Waals surface area contributed by atoms with Crippen LogP contribution in [0, 0.1) is 0 Å². The summed E-state index contributed by atoms with van der Waals surface area (Å²) in [5.74, 6) is 0.744. The molecule has 5 heteroatoms. The molecule has 1 aromatic heterocycles. The maximum absolute atomic E-state index is 13.5. The summed E-state index contributed by atoms with van der Waals surface area (Å²) in [6.45, 7) is 0.594. The summed E-state index contributed by atoms with van der Waals surface area (Å²) >= 11 is 0. The minimum absolute atomic E-state index is 0.0735. The minimum atomic E-state index is -0.103. The third-order valence-corrected chi connectivity index (χ3v) is 6.71. The number of pyridine rings is 1. The number of hydrogen-bond donors (Lipinski definition) is 1. The van der Waals surface area contributed by atoms with Gasteiger partial charge in [0.2, 0.25) is 0 Å². The number of ether oxygens (including phenoxy) is 1. The molecule has 5 nitrogen and oxygen atoms in total. The minimum Gasteiger partial charge on any atom is -0.493 e. The van der Waals surface area contributed by atoms with Crippen LogP contribution in [0.4, 0.5) is 5.69 Å². The second kappa shape index (κ2) is 9.26. The fraction of sp³-hybridized carbons (Fsp3) is 0.357. The monoisotopic (exact) mass is 441 g/mol. The van der Waals surface area contributed by atoms with Gasteiger partial charge >= 0.3 is 0 Å². The Balaban J connectivity index is 1.53. The Morgan fingerprint density at radius 3 is 2.85 bits per heavy atom. The summed E-state index contributed by atoms with van der Waals surface area (Å²) in [4.78, 5) is 20.4. The number of carbonyl (C=O) groups excluding carboxylic acids is 1. The van der Waals surface area contributed by atoms with E-state index in [0.717, 1.165) is 47.2 Å². The highest BCUT2D eigenvalue weighted by Gasteiger charge is 2.26. The van der Waals surface area contributed by atoms with Crippen LogP contribution in [0.2, 0.25) is 0 Å². The summed E-state index contributed by atoms with van der Waals surface area (Å²) in [7, 11) is 3.99. The smallest absolute Gasteiger partial charge is 0.255 e. The quantitative estimate of drug-likeness (QED) is 0.547. The van der Waals surface area contributed by atoms with Crippen LogP contribution in [0.1, 0.15) is 66.1 Å². The van der Waals surface area contributed by atoms with Gasteiger partial charge in [-0.1, -0.05) is 48.9 Å². The zero-order valence-electron chi connectivity index (χ0n) is 19.4. The molecule has 1 aliphatic heterocycles. The molecular formula is C28H31N3O2. The van der Waals surface area contributed by atoms with Crippen LogP contribution in [-0.2, 0) is 0 Å². The Hall–Kier alpha value is -3.34. The van der Waals surface area contributed by atoms with E-state index in [1.54, 1.807) is 6.20 Å². The van der Waals surface area contributed by atoms with Crippen molar-refractivity contribution in [1.82, 2.24) is 10.3 Å². The number of aromatic nitrogens is 1. The molecular weight excluding hydrogens is 410 g/mol. The highest BCUT2D eigenvalue weighted by Crippen LogP contribution is 2.36. The van der Waals surface area contributed by atoms with Crippen molar-refractivity contribution >= 4 is 28.1 Å². The van der Waals surface area contributed by atoms with Gasteiger partial charge in [0.25, 0.3) is 5.91 Å². The van der Waals surface area contributed by atoms with Crippen molar-refractivity contribution in [3.8, 4) is 5.75 Å². The van der Waals surface area contributed by atoms with Crippen molar-refractivity contribution in [2.45, 2.75) is 44.6 Å². The highest BCUT2D eigenvalue weighted by atomic mass is 16.5. The van der Waals surface area contributed by atoms with Gasteiger partial charge in [-0.3, -0.25) is 9.78 Å². The van der Waals surface area contributed by atoms with Crippen molar-refractivity contribution in [3.05, 3.63) is 71.4 Å². The summed E-state index contributed by atoms with van der Waals surface area (Å²) in [5.41, 5.74) is 6.09. The van der Waals surface area contributed by atoms with Gasteiger partial charge in [0, 0.05) is 43.2 Å². The standard InChI is InChI=1S/C28H31N3O2/c1-31(2)27-22-14-9-13-20(19-10-5-3-4-6-11-19)26(22)29-18-23(27)28(32)30-24-16-17-33-25-15-8-7-12-21(24)25/h7-10,12-15,18,24H,3-6,11,16-17H2,1-2H3,(H,30,32). The van der Waals surface area contributed by atoms with Crippen LogP contribution < -0.4 is 15.0 Å². The third-order valence-electron chi connectivity index (χ3n) is 6.71. The Kier molecular flexibility index (Phi) is 6.03. The van der Waals surface area contributed by atoms with Crippen LogP contribution in [0.3, 0.4) is 0 Å². The Morgan fingerprint density at radius 2 is 1.97 bits per heavy atom. The van der Waals surface area contributed by atoms with Gasteiger partial charge in [0.15, 0.2) is 0 Å². The predicted octanol–water partition coefficient (Wildman–Crippen LogP) is 5.90. The SMILES string of the molecule is CN(C)c1c(C(=O)NC2CCOc3ccccc32)cnc2c(C3=CCCCCC3)cccc12. The number of allylic oxidation sites excluding steroid dienone is 2. The van der Waals surface area contributed by atoms with E-state index < -0.39 is 0 Å². The lowest BCUT2D eigenvalue weighted by Gasteiger charge is -2.27. The van der Waals surface area contributed by atoms with Gasteiger partial charge in [0.1, 0.15) is 5.75 Å². The molecule has 0 bridgehead atoms. The van der Waals surface area contributed by atoms with E-state index in [4.69, 9.17) is 9.72 Å². The molecule has 170 valence electrons. The van der Waals surface area contributed by atoms with Gasteiger partial charge in [-0.2, -0.15) is 0 Å². The first-order chi connectivity index (χ1) is 16.1. The number of benzene rings is 2. The summed E-state index contributed by atoms with van der Waals surface area (Å²) in [6.07, 6.45) is 10.8. The molecule has 1 amide bonds. The van der Waals surface area contributed by atoms with E-state index in [2.05, 4.69) is 29.6 Å². The predicted molar refractivity (Wildman–Crippen MR) is 134 cm³/mol. The molecule has 0 radical (unpaired) electrons. The maximum atomic E-state index is 13.5. The first-order valence-electron chi connectivity index (χ1n) is 11.9. The zero-order chi connectivity index (χ0) is 22.8. The molecule has 0 saturated carbocycles. The van der Waals surface area contributed by atoms with E-state index in [9.17, 15) is 4.79 Å². The van der Waals surface area contributed by atoms with Gasteiger partial charge in [-0.15, -0.1) is 0 Å². The van der Waals surface area contributed by atoms with Crippen LogP contribution in [0.15, 0.2) is 54.7 Å². The Labute approximate surface area is 195 Å². The van der Waals surface area contributed by atoms with Gasteiger partial charge < -0.3 is 15.0 Å². The average Bonchev–Trinajstić information content (AvgIpc) is 3.12. The fourth-order valence-electron chi connectivity index (χ4n) is 5.10. The zero-order valence-corrected chi connectivity index (χ0v) is 19.4. The van der Waals surface area contributed by atoms with E-state index >= 15 is 0 Å². The molecule has 1 N–H and O–H groups in total. The molecule has 3 aromatic rings. The molecule has 33 heavy (non-hydrogen) atoms. The van der Waals surface area contributed by atoms with Crippen molar-refractivity contribution in [1.29, 1.82) is 0 Å². The van der Waals surface area contributed by atoms with Gasteiger partial charge in [-0.05, 0) is 37.3 Å². The molecule has 1 aliphatic carbocycles. The maximum Gasteiger partial charge on any atom is 0.255 e. The van der Waals surface area contributed by atoms with Gasteiger partial charge in [-0.25, -0.2) is 0 Å². The average molecular weight is 442 g/mol. The number of rotatable bonds is 4. The molecule has 2 aliphatic rings. The number of nitrogens with zero attached hydrogens (tertiary/aromatic N) is 2. The van der Waals surface area contributed by atoms with Crippen molar-refractivity contribution in [2.75, 3.05) is 25.6 Å². The van der Waals surface area contributed by atoms with E-state index in [1.807, 2.05) is 43.3 Å². The Morgan fingerprint density at radius 1 is 1.09 bits per heavy atom.